The average Bonchev–Trinajstić information content (AvgIpc) is 2.52. The van der Waals surface area contributed by atoms with Crippen LogP contribution in [-0.2, 0) is 0 Å². The molecule has 22 heavy (non-hydrogen) atoms. The Kier molecular flexibility index (Phi) is 4.75. The van der Waals surface area contributed by atoms with Gasteiger partial charge < -0.3 is 5.11 Å². The Hall–Kier alpha value is -2.86. The van der Waals surface area contributed by atoms with E-state index < -0.39 is 17.8 Å². The molecule has 2 aromatic rings. The van der Waals surface area contributed by atoms with Gasteiger partial charge >= 0.3 is 5.97 Å². The number of hydrogen-bond donors (Lipinski definition) is 3. The van der Waals surface area contributed by atoms with Gasteiger partial charge in [0.05, 0.1) is 21.7 Å². The Morgan fingerprint density at radius 2 is 1.23 bits per heavy atom. The monoisotopic (exact) mass is 318 g/mol. The van der Waals surface area contributed by atoms with Crippen LogP contribution < -0.4 is 10.9 Å². The van der Waals surface area contributed by atoms with E-state index in [1.165, 1.54) is 36.4 Å². The first-order chi connectivity index (χ1) is 10.5. The van der Waals surface area contributed by atoms with Gasteiger partial charge in [-0.25, -0.2) is 4.79 Å². The SMILES string of the molecule is O=C(NNC(=O)c1ccccc1C(=O)O)c1ccccc1Cl. The van der Waals surface area contributed by atoms with E-state index in [9.17, 15) is 14.4 Å². The second-order valence-electron chi connectivity index (χ2n) is 4.24. The van der Waals surface area contributed by atoms with Crippen LogP contribution in [0.25, 0.3) is 0 Å². The Bertz CT molecular complexity index is 746. The molecule has 0 bridgehead atoms. The zero-order valence-electron chi connectivity index (χ0n) is 11.2. The fraction of sp³-hybridized carbons (Fsp3) is 0. The minimum Gasteiger partial charge on any atom is -0.478 e. The number of nitrogens with one attached hydrogen (secondary N) is 2. The van der Waals surface area contributed by atoms with E-state index in [2.05, 4.69) is 10.9 Å². The van der Waals surface area contributed by atoms with E-state index in [4.69, 9.17) is 16.7 Å². The number of hydrogen-bond acceptors (Lipinski definition) is 3. The third kappa shape index (κ3) is 3.42. The van der Waals surface area contributed by atoms with E-state index in [-0.39, 0.29) is 21.7 Å². The van der Waals surface area contributed by atoms with Crippen molar-refractivity contribution in [2.75, 3.05) is 0 Å². The van der Waals surface area contributed by atoms with E-state index in [1.807, 2.05) is 0 Å². The smallest absolute Gasteiger partial charge is 0.336 e. The standard InChI is InChI=1S/C15H11ClN2O4/c16-12-8-4-3-7-11(12)14(20)18-17-13(19)9-5-1-2-6-10(9)15(21)22/h1-8H,(H,17,19)(H,18,20)(H,21,22). The second-order valence-corrected chi connectivity index (χ2v) is 4.65. The molecule has 0 saturated heterocycles. The van der Waals surface area contributed by atoms with Crippen molar-refractivity contribution in [3.8, 4) is 0 Å². The van der Waals surface area contributed by atoms with Crippen molar-refractivity contribution in [1.29, 1.82) is 0 Å². The first-order valence-corrected chi connectivity index (χ1v) is 6.56. The molecule has 0 aromatic heterocycles. The van der Waals surface area contributed by atoms with Crippen LogP contribution in [-0.4, -0.2) is 22.9 Å². The number of carbonyl (C=O) groups excluding carboxylic acids is 2. The number of hydrazine groups is 1. The molecule has 3 N–H and O–H groups in total. The Morgan fingerprint density at radius 3 is 1.77 bits per heavy atom. The molecule has 112 valence electrons. The molecule has 0 fully saturated rings. The van der Waals surface area contributed by atoms with Gasteiger partial charge in [-0.1, -0.05) is 35.9 Å². The lowest BCUT2D eigenvalue weighted by atomic mass is 10.1. The van der Waals surface area contributed by atoms with Crippen LogP contribution >= 0.6 is 11.6 Å². The van der Waals surface area contributed by atoms with Crippen molar-refractivity contribution < 1.29 is 19.5 Å². The summed E-state index contributed by atoms with van der Waals surface area (Å²) >= 11 is 5.87. The first kappa shape index (κ1) is 15.5. The molecule has 2 rings (SSSR count). The van der Waals surface area contributed by atoms with E-state index in [0.29, 0.717) is 0 Å². The minimum absolute atomic E-state index is 0.0607. The lowest BCUT2D eigenvalue weighted by Crippen LogP contribution is -2.42. The van der Waals surface area contributed by atoms with Gasteiger partial charge in [0.15, 0.2) is 0 Å². The van der Waals surface area contributed by atoms with Gasteiger partial charge in [-0.2, -0.15) is 0 Å². The quantitative estimate of drug-likeness (QED) is 0.755. The maximum absolute atomic E-state index is 12.0. The third-order valence-corrected chi connectivity index (χ3v) is 3.14. The maximum Gasteiger partial charge on any atom is 0.336 e. The van der Waals surface area contributed by atoms with Gasteiger partial charge in [0, 0.05) is 0 Å². The van der Waals surface area contributed by atoms with Crippen molar-refractivity contribution >= 4 is 29.4 Å². The van der Waals surface area contributed by atoms with Crippen molar-refractivity contribution in [3.05, 3.63) is 70.2 Å². The highest BCUT2D eigenvalue weighted by atomic mass is 35.5. The van der Waals surface area contributed by atoms with Crippen LogP contribution in [0.4, 0.5) is 0 Å². The second kappa shape index (κ2) is 6.73. The normalized spacial score (nSPS) is 9.86. The van der Waals surface area contributed by atoms with Crippen LogP contribution in [0, 0.1) is 0 Å². The molecule has 0 aliphatic carbocycles. The summed E-state index contributed by atoms with van der Waals surface area (Å²) in [6.45, 7) is 0. The summed E-state index contributed by atoms with van der Waals surface area (Å²) in [6, 6.07) is 12.0. The number of rotatable bonds is 3. The number of benzene rings is 2. The summed E-state index contributed by atoms with van der Waals surface area (Å²) in [5.41, 5.74) is 4.32. The van der Waals surface area contributed by atoms with Crippen LogP contribution in [0.5, 0.6) is 0 Å². The summed E-state index contributed by atoms with van der Waals surface area (Å²) in [5, 5.41) is 9.26. The Morgan fingerprint density at radius 1 is 0.773 bits per heavy atom. The molecule has 2 amide bonds. The molecular formula is C15H11ClN2O4. The van der Waals surface area contributed by atoms with Crippen LogP contribution in [0.15, 0.2) is 48.5 Å². The van der Waals surface area contributed by atoms with Crippen molar-refractivity contribution in [2.45, 2.75) is 0 Å². The molecule has 0 aliphatic heterocycles. The largest absolute Gasteiger partial charge is 0.478 e. The highest BCUT2D eigenvalue weighted by Crippen LogP contribution is 2.14. The Balaban J connectivity index is 2.09. The number of amides is 2. The highest BCUT2D eigenvalue weighted by Gasteiger charge is 2.17. The molecule has 0 heterocycles. The number of aromatic carboxylic acids is 1. The van der Waals surface area contributed by atoms with E-state index >= 15 is 0 Å². The molecule has 0 saturated carbocycles. The molecular weight excluding hydrogens is 308 g/mol. The Labute approximate surface area is 130 Å². The van der Waals surface area contributed by atoms with Gasteiger partial charge in [0.2, 0.25) is 0 Å². The van der Waals surface area contributed by atoms with E-state index in [1.54, 1.807) is 12.1 Å². The van der Waals surface area contributed by atoms with E-state index in [0.717, 1.165) is 0 Å². The molecule has 7 heteroatoms. The van der Waals surface area contributed by atoms with Crippen molar-refractivity contribution in [1.82, 2.24) is 10.9 Å². The molecule has 0 atom stereocenters. The summed E-state index contributed by atoms with van der Waals surface area (Å²) in [4.78, 5) is 34.9. The topological polar surface area (TPSA) is 95.5 Å². The highest BCUT2D eigenvalue weighted by molar-refractivity contribution is 6.33. The van der Waals surface area contributed by atoms with Gasteiger partial charge in [-0.3, -0.25) is 20.4 Å². The molecule has 6 nitrogen and oxygen atoms in total. The predicted octanol–water partition coefficient (Wildman–Crippen LogP) is 2.11. The minimum atomic E-state index is -1.23. The molecule has 2 aromatic carbocycles. The number of carboxylic acids is 1. The summed E-state index contributed by atoms with van der Waals surface area (Å²) in [7, 11) is 0. The van der Waals surface area contributed by atoms with Crippen molar-refractivity contribution in [2.24, 2.45) is 0 Å². The summed E-state index contributed by atoms with van der Waals surface area (Å²) in [6.07, 6.45) is 0. The van der Waals surface area contributed by atoms with Crippen LogP contribution in [0.2, 0.25) is 5.02 Å². The average molecular weight is 319 g/mol. The molecule has 0 aliphatic rings. The molecule has 0 unspecified atom stereocenters. The van der Waals surface area contributed by atoms with Crippen LogP contribution in [0.3, 0.4) is 0 Å². The molecule has 0 radical (unpaired) electrons. The first-order valence-electron chi connectivity index (χ1n) is 6.18. The lowest BCUT2D eigenvalue weighted by molar-refractivity contribution is 0.0690. The fourth-order valence-electron chi connectivity index (χ4n) is 1.76. The van der Waals surface area contributed by atoms with Gasteiger partial charge in [-0.15, -0.1) is 0 Å². The third-order valence-electron chi connectivity index (χ3n) is 2.81. The van der Waals surface area contributed by atoms with Crippen LogP contribution in [0.1, 0.15) is 31.1 Å². The van der Waals surface area contributed by atoms with Gasteiger partial charge in [0.25, 0.3) is 11.8 Å². The summed E-state index contributed by atoms with van der Waals surface area (Å²) in [5.74, 6) is -2.58. The van der Waals surface area contributed by atoms with Crippen molar-refractivity contribution in [3.63, 3.8) is 0 Å². The number of halogens is 1. The fourth-order valence-corrected chi connectivity index (χ4v) is 1.98. The number of carboxylic acid groups (broad SMARTS) is 1. The maximum atomic E-state index is 12.0. The number of carbonyl (C=O) groups is 3. The zero-order valence-corrected chi connectivity index (χ0v) is 11.9. The summed E-state index contributed by atoms with van der Waals surface area (Å²) < 4.78 is 0. The predicted molar refractivity (Wildman–Crippen MR) is 79.8 cm³/mol. The lowest BCUT2D eigenvalue weighted by Gasteiger charge is -2.09. The van der Waals surface area contributed by atoms with Gasteiger partial charge in [-0.05, 0) is 24.3 Å². The zero-order chi connectivity index (χ0) is 16.1. The molecule has 0 spiro atoms. The van der Waals surface area contributed by atoms with Gasteiger partial charge in [0.1, 0.15) is 0 Å².